The molecule has 0 bridgehead atoms. The highest BCUT2D eigenvalue weighted by molar-refractivity contribution is 5.56. The first-order chi connectivity index (χ1) is 8.08. The smallest absolute Gasteiger partial charge is 0.159 e. The van der Waals surface area contributed by atoms with Gasteiger partial charge in [0.2, 0.25) is 0 Å². The van der Waals surface area contributed by atoms with Crippen LogP contribution in [0.4, 0.5) is 0 Å². The Kier molecular flexibility index (Phi) is 3.15. The third kappa shape index (κ3) is 2.65. The molecule has 2 aromatic rings. The lowest BCUT2D eigenvalue weighted by molar-refractivity contribution is 0.276. The maximum atomic E-state index is 9.14. The van der Waals surface area contributed by atoms with E-state index < -0.39 is 0 Å². The lowest BCUT2D eigenvalue weighted by Gasteiger charge is -2.06. The van der Waals surface area contributed by atoms with E-state index in [1.807, 2.05) is 32.9 Å². The van der Waals surface area contributed by atoms with Gasteiger partial charge in [-0.15, -0.1) is 0 Å². The number of aromatic nitrogens is 3. The molecule has 0 saturated heterocycles. The van der Waals surface area contributed by atoms with Crippen LogP contribution in [0.15, 0.2) is 18.2 Å². The molecule has 1 N–H and O–H groups in total. The molecule has 0 fully saturated rings. The van der Waals surface area contributed by atoms with Crippen molar-refractivity contribution in [3.05, 3.63) is 41.0 Å². The van der Waals surface area contributed by atoms with Crippen LogP contribution in [0.5, 0.6) is 0 Å². The molecule has 0 aromatic carbocycles. The molecule has 0 amide bonds. The van der Waals surface area contributed by atoms with Crippen molar-refractivity contribution < 1.29 is 5.11 Å². The van der Waals surface area contributed by atoms with E-state index >= 15 is 0 Å². The second-order valence-electron chi connectivity index (χ2n) is 4.12. The van der Waals surface area contributed by atoms with Crippen molar-refractivity contribution in [1.29, 1.82) is 0 Å². The normalized spacial score (nSPS) is 10.6. The standard InChI is InChI=1S/C13H15N3O/c1-8-4-11(5-9(2)14-8)13-15-10(3)6-12(7-17)16-13/h4-6,17H,7H2,1-3H3. The van der Waals surface area contributed by atoms with Crippen molar-refractivity contribution >= 4 is 0 Å². The molecule has 4 nitrogen and oxygen atoms in total. The van der Waals surface area contributed by atoms with Gasteiger partial charge in [-0.25, -0.2) is 9.97 Å². The fourth-order valence-corrected chi connectivity index (χ4v) is 1.81. The molecular formula is C13H15N3O. The van der Waals surface area contributed by atoms with Gasteiger partial charge in [0.25, 0.3) is 0 Å². The van der Waals surface area contributed by atoms with Crippen LogP contribution in [0.3, 0.4) is 0 Å². The van der Waals surface area contributed by atoms with Gasteiger partial charge in [-0.3, -0.25) is 4.98 Å². The number of aryl methyl sites for hydroxylation is 3. The van der Waals surface area contributed by atoms with E-state index in [-0.39, 0.29) is 6.61 Å². The number of hydrogen-bond donors (Lipinski definition) is 1. The average Bonchev–Trinajstić information content (AvgIpc) is 2.26. The second kappa shape index (κ2) is 4.59. The van der Waals surface area contributed by atoms with Crippen LogP contribution >= 0.6 is 0 Å². The SMILES string of the molecule is Cc1cc(-c2nc(C)cc(CO)n2)cc(C)n1. The number of aliphatic hydroxyl groups excluding tert-OH is 1. The van der Waals surface area contributed by atoms with Crippen LogP contribution in [-0.2, 0) is 6.61 Å². The Bertz CT molecular complexity index is 532. The highest BCUT2D eigenvalue weighted by Gasteiger charge is 2.06. The zero-order chi connectivity index (χ0) is 12.4. The molecule has 0 aliphatic rings. The highest BCUT2D eigenvalue weighted by atomic mass is 16.3. The monoisotopic (exact) mass is 229 g/mol. The lowest BCUT2D eigenvalue weighted by Crippen LogP contribution is -1.99. The maximum absolute atomic E-state index is 9.14. The molecule has 0 aliphatic heterocycles. The molecule has 88 valence electrons. The van der Waals surface area contributed by atoms with E-state index in [0.717, 1.165) is 22.6 Å². The van der Waals surface area contributed by atoms with Crippen molar-refractivity contribution in [2.45, 2.75) is 27.4 Å². The fraction of sp³-hybridized carbons (Fsp3) is 0.308. The van der Waals surface area contributed by atoms with Gasteiger partial charge in [-0.05, 0) is 39.0 Å². The summed E-state index contributed by atoms with van der Waals surface area (Å²) in [7, 11) is 0. The average molecular weight is 229 g/mol. The predicted octanol–water partition coefficient (Wildman–Crippen LogP) is 1.96. The molecular weight excluding hydrogens is 214 g/mol. The van der Waals surface area contributed by atoms with Crippen molar-refractivity contribution in [3.63, 3.8) is 0 Å². The summed E-state index contributed by atoms with van der Waals surface area (Å²) in [4.78, 5) is 13.0. The van der Waals surface area contributed by atoms with Crippen molar-refractivity contribution in [3.8, 4) is 11.4 Å². The molecule has 0 saturated carbocycles. The van der Waals surface area contributed by atoms with E-state index in [0.29, 0.717) is 11.5 Å². The van der Waals surface area contributed by atoms with Crippen molar-refractivity contribution in [2.24, 2.45) is 0 Å². The van der Waals surface area contributed by atoms with Crippen LogP contribution in [0.2, 0.25) is 0 Å². The van der Waals surface area contributed by atoms with Gasteiger partial charge >= 0.3 is 0 Å². The third-order valence-electron chi connectivity index (χ3n) is 2.41. The van der Waals surface area contributed by atoms with E-state index in [1.54, 1.807) is 6.07 Å². The van der Waals surface area contributed by atoms with E-state index in [9.17, 15) is 0 Å². The predicted molar refractivity (Wildman–Crippen MR) is 65.4 cm³/mol. The summed E-state index contributed by atoms with van der Waals surface area (Å²) in [5, 5.41) is 9.14. The minimum atomic E-state index is -0.0700. The first-order valence-corrected chi connectivity index (χ1v) is 5.49. The molecule has 2 aromatic heterocycles. The van der Waals surface area contributed by atoms with Crippen LogP contribution in [0, 0.1) is 20.8 Å². The highest BCUT2D eigenvalue weighted by Crippen LogP contribution is 2.17. The summed E-state index contributed by atoms with van der Waals surface area (Å²) < 4.78 is 0. The Morgan fingerprint density at radius 1 is 0.882 bits per heavy atom. The summed E-state index contributed by atoms with van der Waals surface area (Å²) in [6, 6.07) is 5.68. The summed E-state index contributed by atoms with van der Waals surface area (Å²) in [6.45, 7) is 5.71. The summed E-state index contributed by atoms with van der Waals surface area (Å²) in [5.74, 6) is 0.641. The van der Waals surface area contributed by atoms with Crippen LogP contribution < -0.4 is 0 Å². The van der Waals surface area contributed by atoms with Gasteiger partial charge in [0, 0.05) is 22.6 Å². The topological polar surface area (TPSA) is 58.9 Å². The van der Waals surface area contributed by atoms with Gasteiger partial charge in [0.1, 0.15) is 0 Å². The van der Waals surface area contributed by atoms with Gasteiger partial charge in [0.15, 0.2) is 5.82 Å². The minimum Gasteiger partial charge on any atom is -0.390 e. The zero-order valence-electron chi connectivity index (χ0n) is 10.2. The van der Waals surface area contributed by atoms with E-state index in [2.05, 4.69) is 15.0 Å². The molecule has 2 rings (SSSR count). The molecule has 4 heteroatoms. The second-order valence-corrected chi connectivity index (χ2v) is 4.12. The molecule has 0 spiro atoms. The summed E-state index contributed by atoms with van der Waals surface area (Å²) >= 11 is 0. The first-order valence-electron chi connectivity index (χ1n) is 5.49. The number of hydrogen-bond acceptors (Lipinski definition) is 4. The van der Waals surface area contributed by atoms with Gasteiger partial charge in [-0.1, -0.05) is 0 Å². The lowest BCUT2D eigenvalue weighted by atomic mass is 10.2. The Morgan fingerprint density at radius 2 is 1.47 bits per heavy atom. The van der Waals surface area contributed by atoms with Crippen LogP contribution in [0.1, 0.15) is 22.8 Å². The number of nitrogens with zero attached hydrogens (tertiary/aromatic N) is 3. The molecule has 0 aliphatic carbocycles. The van der Waals surface area contributed by atoms with Crippen LogP contribution in [0.25, 0.3) is 11.4 Å². The third-order valence-corrected chi connectivity index (χ3v) is 2.41. The Hall–Kier alpha value is -1.81. The Morgan fingerprint density at radius 3 is 2.06 bits per heavy atom. The number of rotatable bonds is 2. The first kappa shape index (κ1) is 11.7. The molecule has 0 atom stereocenters. The molecule has 0 radical (unpaired) electrons. The number of aliphatic hydroxyl groups is 1. The summed E-state index contributed by atoms with van der Waals surface area (Å²) in [6.07, 6.45) is 0. The summed E-state index contributed by atoms with van der Waals surface area (Å²) in [5.41, 5.74) is 4.31. The van der Waals surface area contributed by atoms with Crippen LogP contribution in [-0.4, -0.2) is 20.1 Å². The van der Waals surface area contributed by atoms with E-state index in [1.165, 1.54) is 0 Å². The number of pyridine rings is 1. The quantitative estimate of drug-likeness (QED) is 0.855. The largest absolute Gasteiger partial charge is 0.390 e. The van der Waals surface area contributed by atoms with Gasteiger partial charge < -0.3 is 5.11 Å². The maximum Gasteiger partial charge on any atom is 0.159 e. The van der Waals surface area contributed by atoms with Gasteiger partial charge in [0.05, 0.1) is 12.3 Å². The van der Waals surface area contributed by atoms with E-state index in [4.69, 9.17) is 5.11 Å². The zero-order valence-corrected chi connectivity index (χ0v) is 10.2. The van der Waals surface area contributed by atoms with Crippen molar-refractivity contribution in [2.75, 3.05) is 0 Å². The molecule has 17 heavy (non-hydrogen) atoms. The molecule has 2 heterocycles. The van der Waals surface area contributed by atoms with Gasteiger partial charge in [-0.2, -0.15) is 0 Å². The Balaban J connectivity index is 2.55. The molecule has 0 unspecified atom stereocenters. The van der Waals surface area contributed by atoms with Crippen molar-refractivity contribution in [1.82, 2.24) is 15.0 Å². The fourth-order valence-electron chi connectivity index (χ4n) is 1.81. The minimum absolute atomic E-state index is 0.0700. The Labute approximate surface area is 100 Å².